The van der Waals surface area contributed by atoms with E-state index < -0.39 is 0 Å². The molecule has 0 saturated carbocycles. The van der Waals surface area contributed by atoms with E-state index in [1.54, 1.807) is 0 Å². The van der Waals surface area contributed by atoms with Crippen molar-refractivity contribution in [2.75, 3.05) is 5.32 Å². The molecule has 27 heavy (non-hydrogen) atoms. The number of rotatable bonds is 6. The van der Waals surface area contributed by atoms with E-state index in [9.17, 15) is 4.79 Å². The molecule has 0 aliphatic rings. The van der Waals surface area contributed by atoms with Gasteiger partial charge in [0.2, 0.25) is 17.7 Å². The quantitative estimate of drug-likeness (QED) is 0.682. The van der Waals surface area contributed by atoms with E-state index in [0.717, 1.165) is 11.1 Å². The third kappa shape index (κ3) is 4.72. The van der Waals surface area contributed by atoms with Crippen LogP contribution in [0.25, 0.3) is 11.1 Å². The van der Waals surface area contributed by atoms with E-state index in [-0.39, 0.29) is 17.2 Å². The highest BCUT2D eigenvalue weighted by atomic mass is 16.5. The van der Waals surface area contributed by atoms with Gasteiger partial charge in [-0.25, -0.2) is 4.98 Å². The lowest BCUT2D eigenvalue weighted by Crippen LogP contribution is -2.11. The molecule has 0 unspecified atom stereocenters. The van der Waals surface area contributed by atoms with Gasteiger partial charge in [0, 0.05) is 29.9 Å². The van der Waals surface area contributed by atoms with Crippen molar-refractivity contribution in [3.05, 3.63) is 35.8 Å². The van der Waals surface area contributed by atoms with E-state index in [0.29, 0.717) is 42.6 Å². The van der Waals surface area contributed by atoms with Crippen molar-refractivity contribution in [2.24, 2.45) is 0 Å². The molecular formula is C20H26N4O3. The first-order valence-corrected chi connectivity index (χ1v) is 9.26. The summed E-state index contributed by atoms with van der Waals surface area (Å²) in [6, 6.07) is 5.49. The summed E-state index contributed by atoms with van der Waals surface area (Å²) in [5.74, 6) is 2.13. The molecule has 1 aromatic carbocycles. The van der Waals surface area contributed by atoms with E-state index in [2.05, 4.69) is 20.4 Å². The standard InChI is InChI=1S/C20H26N4O3/c1-12(2)18-23-17(27-24-18)8-6-7-16(25)21-13-9-10-15-14(11-13)22-19(26-15)20(3,4)5/h9-12H,6-8H2,1-5H3,(H,21,25). The van der Waals surface area contributed by atoms with Gasteiger partial charge in [-0.15, -0.1) is 0 Å². The number of benzene rings is 1. The third-order valence-electron chi connectivity index (χ3n) is 4.11. The number of aromatic nitrogens is 3. The van der Waals surface area contributed by atoms with Gasteiger partial charge in [-0.3, -0.25) is 4.79 Å². The summed E-state index contributed by atoms with van der Waals surface area (Å²) in [6.07, 6.45) is 1.61. The maximum Gasteiger partial charge on any atom is 0.226 e. The first-order chi connectivity index (χ1) is 12.7. The summed E-state index contributed by atoms with van der Waals surface area (Å²) >= 11 is 0. The van der Waals surface area contributed by atoms with Crippen LogP contribution in [0.2, 0.25) is 0 Å². The second-order valence-electron chi connectivity index (χ2n) is 8.05. The number of anilines is 1. The van der Waals surface area contributed by atoms with Crippen LogP contribution in [0.15, 0.2) is 27.1 Å². The normalized spacial score (nSPS) is 12.1. The lowest BCUT2D eigenvalue weighted by atomic mass is 9.97. The van der Waals surface area contributed by atoms with Crippen molar-refractivity contribution < 1.29 is 13.7 Å². The minimum atomic E-state index is -0.160. The first kappa shape index (κ1) is 19.1. The summed E-state index contributed by atoms with van der Waals surface area (Å²) in [5.41, 5.74) is 2.01. The van der Waals surface area contributed by atoms with Gasteiger partial charge in [0.1, 0.15) is 5.52 Å². The molecule has 0 fully saturated rings. The predicted octanol–water partition coefficient (Wildman–Crippen LogP) is 4.59. The highest BCUT2D eigenvalue weighted by Gasteiger charge is 2.21. The minimum Gasteiger partial charge on any atom is -0.440 e. The SMILES string of the molecule is CC(C)c1noc(CCCC(=O)Nc2ccc3oc(C(C)(C)C)nc3c2)n1. The molecule has 1 amide bonds. The van der Waals surface area contributed by atoms with Gasteiger partial charge in [0.25, 0.3) is 0 Å². The first-order valence-electron chi connectivity index (χ1n) is 9.26. The number of carbonyl (C=O) groups is 1. The van der Waals surface area contributed by atoms with Crippen LogP contribution in [-0.2, 0) is 16.6 Å². The molecular weight excluding hydrogens is 344 g/mol. The number of oxazole rings is 1. The zero-order valence-electron chi connectivity index (χ0n) is 16.5. The van der Waals surface area contributed by atoms with Crippen LogP contribution in [0.3, 0.4) is 0 Å². The third-order valence-corrected chi connectivity index (χ3v) is 4.11. The molecule has 0 aliphatic carbocycles. The maximum atomic E-state index is 12.2. The number of nitrogens with one attached hydrogen (secondary N) is 1. The van der Waals surface area contributed by atoms with Gasteiger partial charge in [0.05, 0.1) is 0 Å². The molecule has 144 valence electrons. The van der Waals surface area contributed by atoms with Crippen LogP contribution in [0.1, 0.15) is 71.0 Å². The second kappa shape index (κ2) is 7.50. The fourth-order valence-corrected chi connectivity index (χ4v) is 2.55. The summed E-state index contributed by atoms with van der Waals surface area (Å²) in [5, 5.41) is 6.83. The monoisotopic (exact) mass is 370 g/mol. The maximum absolute atomic E-state index is 12.2. The van der Waals surface area contributed by atoms with Gasteiger partial charge in [-0.1, -0.05) is 39.8 Å². The molecule has 7 nitrogen and oxygen atoms in total. The number of carbonyl (C=O) groups excluding carboxylic acids is 1. The highest BCUT2D eigenvalue weighted by molar-refractivity contribution is 5.92. The van der Waals surface area contributed by atoms with Crippen molar-refractivity contribution >= 4 is 22.7 Å². The molecule has 0 saturated heterocycles. The van der Waals surface area contributed by atoms with E-state index in [1.165, 1.54) is 0 Å². The Morgan fingerprint density at radius 1 is 1.22 bits per heavy atom. The Balaban J connectivity index is 1.55. The fraction of sp³-hybridized carbons (Fsp3) is 0.500. The zero-order valence-corrected chi connectivity index (χ0v) is 16.5. The number of amides is 1. The molecule has 3 rings (SSSR count). The van der Waals surface area contributed by atoms with Crippen LogP contribution in [0.4, 0.5) is 5.69 Å². The van der Waals surface area contributed by atoms with Crippen LogP contribution in [-0.4, -0.2) is 21.0 Å². The van der Waals surface area contributed by atoms with Gasteiger partial charge in [-0.05, 0) is 24.6 Å². The number of hydrogen-bond acceptors (Lipinski definition) is 6. The van der Waals surface area contributed by atoms with Crippen molar-refractivity contribution in [1.82, 2.24) is 15.1 Å². The summed E-state index contributed by atoms with van der Waals surface area (Å²) < 4.78 is 11.0. The van der Waals surface area contributed by atoms with Crippen molar-refractivity contribution in [2.45, 2.75) is 65.2 Å². The number of aryl methyl sites for hydroxylation is 1. The summed E-state index contributed by atoms with van der Waals surface area (Å²) in [4.78, 5) is 21.0. The highest BCUT2D eigenvalue weighted by Crippen LogP contribution is 2.27. The molecule has 0 aliphatic heterocycles. The van der Waals surface area contributed by atoms with Gasteiger partial charge in [-0.2, -0.15) is 4.98 Å². The van der Waals surface area contributed by atoms with E-state index in [4.69, 9.17) is 8.94 Å². The Morgan fingerprint density at radius 2 is 2.00 bits per heavy atom. The molecule has 0 atom stereocenters. The molecule has 2 aromatic heterocycles. The fourth-order valence-electron chi connectivity index (χ4n) is 2.55. The average Bonchev–Trinajstić information content (AvgIpc) is 3.20. The van der Waals surface area contributed by atoms with Crippen molar-refractivity contribution in [1.29, 1.82) is 0 Å². The largest absolute Gasteiger partial charge is 0.440 e. The molecule has 0 spiro atoms. The van der Waals surface area contributed by atoms with Crippen LogP contribution in [0.5, 0.6) is 0 Å². The van der Waals surface area contributed by atoms with E-state index >= 15 is 0 Å². The predicted molar refractivity (Wildman–Crippen MR) is 103 cm³/mol. The minimum absolute atomic E-state index is 0.0579. The summed E-state index contributed by atoms with van der Waals surface area (Å²) in [6.45, 7) is 10.2. The lowest BCUT2D eigenvalue weighted by Gasteiger charge is -2.11. The number of nitrogens with zero attached hydrogens (tertiary/aromatic N) is 3. The lowest BCUT2D eigenvalue weighted by molar-refractivity contribution is -0.116. The smallest absolute Gasteiger partial charge is 0.226 e. The van der Waals surface area contributed by atoms with Crippen LogP contribution < -0.4 is 5.32 Å². The topological polar surface area (TPSA) is 94.1 Å². The Hall–Kier alpha value is -2.70. The Labute approximate surface area is 158 Å². The molecule has 3 aromatic rings. The van der Waals surface area contributed by atoms with Gasteiger partial charge in [0.15, 0.2) is 11.4 Å². The second-order valence-corrected chi connectivity index (χ2v) is 8.05. The van der Waals surface area contributed by atoms with E-state index in [1.807, 2.05) is 52.8 Å². The molecule has 2 heterocycles. The van der Waals surface area contributed by atoms with Crippen LogP contribution >= 0.6 is 0 Å². The number of fused-ring (bicyclic) bond motifs is 1. The Morgan fingerprint density at radius 3 is 2.67 bits per heavy atom. The average molecular weight is 370 g/mol. The summed E-state index contributed by atoms with van der Waals surface area (Å²) in [7, 11) is 0. The molecule has 0 radical (unpaired) electrons. The van der Waals surface area contributed by atoms with Gasteiger partial charge < -0.3 is 14.3 Å². The zero-order chi connectivity index (χ0) is 19.6. The number of hydrogen-bond donors (Lipinski definition) is 1. The molecule has 0 bridgehead atoms. The van der Waals surface area contributed by atoms with Crippen LogP contribution in [0, 0.1) is 0 Å². The van der Waals surface area contributed by atoms with Crippen molar-refractivity contribution in [3.63, 3.8) is 0 Å². The van der Waals surface area contributed by atoms with Crippen molar-refractivity contribution in [3.8, 4) is 0 Å². The Bertz CT molecular complexity index is 934. The van der Waals surface area contributed by atoms with Gasteiger partial charge >= 0.3 is 0 Å². The molecule has 1 N–H and O–H groups in total. The molecule has 7 heteroatoms. The Kier molecular flexibility index (Phi) is 5.30.